The molecule has 21 heavy (non-hydrogen) atoms. The standard InChI is InChI=1S/C17H20O2Si2/c1-21(18,15-13-17-10-6-3-7-11-17)19-20-14-12-16-8-4-2-5-9-16/h2-15,18H,20H2,1H3/b14-12+,15-13-. The Morgan fingerprint density at radius 3 is 2.00 bits per heavy atom. The Bertz CT molecular complexity index is 593. The Morgan fingerprint density at radius 2 is 1.43 bits per heavy atom. The molecule has 0 fully saturated rings. The van der Waals surface area contributed by atoms with Crippen LogP contribution >= 0.6 is 0 Å². The third-order valence-corrected chi connectivity index (χ3v) is 7.18. The minimum atomic E-state index is -2.69. The quantitative estimate of drug-likeness (QED) is 0.831. The van der Waals surface area contributed by atoms with E-state index in [9.17, 15) is 4.80 Å². The summed E-state index contributed by atoms with van der Waals surface area (Å²) in [6.07, 6.45) is 3.99. The topological polar surface area (TPSA) is 29.5 Å². The average molecular weight is 313 g/mol. The highest BCUT2D eigenvalue weighted by molar-refractivity contribution is 6.75. The number of rotatable bonds is 6. The van der Waals surface area contributed by atoms with Crippen LogP contribution in [0.3, 0.4) is 0 Å². The minimum absolute atomic E-state index is 0.857. The molecule has 108 valence electrons. The van der Waals surface area contributed by atoms with E-state index in [0.29, 0.717) is 0 Å². The van der Waals surface area contributed by atoms with E-state index in [0.717, 1.165) is 11.1 Å². The van der Waals surface area contributed by atoms with Gasteiger partial charge in [-0.05, 0) is 23.4 Å². The number of benzene rings is 2. The SMILES string of the molecule is C[Si](O)(/C=C\c1ccccc1)O[SiH2]/C=C/c1ccccc1. The van der Waals surface area contributed by atoms with Gasteiger partial charge in [-0.15, -0.1) is 0 Å². The van der Waals surface area contributed by atoms with Gasteiger partial charge in [0.1, 0.15) is 0 Å². The van der Waals surface area contributed by atoms with Gasteiger partial charge in [0.2, 0.25) is 0 Å². The predicted molar refractivity (Wildman–Crippen MR) is 94.4 cm³/mol. The van der Waals surface area contributed by atoms with Crippen LogP contribution in [-0.4, -0.2) is 23.1 Å². The largest absolute Gasteiger partial charge is 0.435 e. The molecule has 1 N–H and O–H groups in total. The summed E-state index contributed by atoms with van der Waals surface area (Å²) in [6, 6.07) is 20.1. The van der Waals surface area contributed by atoms with Crippen molar-refractivity contribution in [3.05, 3.63) is 83.2 Å². The third kappa shape index (κ3) is 6.05. The van der Waals surface area contributed by atoms with Gasteiger partial charge in [-0.1, -0.05) is 78.5 Å². The second kappa shape index (κ2) is 7.90. The van der Waals surface area contributed by atoms with Crippen LogP contribution in [0.25, 0.3) is 12.2 Å². The maximum Gasteiger partial charge on any atom is 0.348 e. The van der Waals surface area contributed by atoms with Crippen LogP contribution in [0.5, 0.6) is 0 Å². The van der Waals surface area contributed by atoms with Gasteiger partial charge in [0.25, 0.3) is 0 Å². The first-order valence-electron chi connectivity index (χ1n) is 6.98. The Balaban J connectivity index is 1.84. The molecule has 1 atom stereocenters. The van der Waals surface area contributed by atoms with Gasteiger partial charge in [0.15, 0.2) is 9.76 Å². The molecule has 2 nitrogen and oxygen atoms in total. The minimum Gasteiger partial charge on any atom is -0.435 e. The van der Waals surface area contributed by atoms with Gasteiger partial charge in [-0.2, -0.15) is 0 Å². The van der Waals surface area contributed by atoms with Gasteiger partial charge in [-0.3, -0.25) is 0 Å². The summed E-state index contributed by atoms with van der Waals surface area (Å²) in [5.74, 6) is 0. The van der Waals surface area contributed by atoms with Crippen molar-refractivity contribution in [2.24, 2.45) is 0 Å². The van der Waals surface area contributed by atoms with E-state index in [1.165, 1.54) is 0 Å². The first-order chi connectivity index (χ1) is 10.2. The van der Waals surface area contributed by atoms with Crippen molar-refractivity contribution in [3.63, 3.8) is 0 Å². The van der Waals surface area contributed by atoms with Crippen LogP contribution in [0.1, 0.15) is 11.1 Å². The van der Waals surface area contributed by atoms with E-state index in [4.69, 9.17) is 4.12 Å². The lowest BCUT2D eigenvalue weighted by atomic mass is 10.2. The molecule has 0 bridgehead atoms. The van der Waals surface area contributed by atoms with Gasteiger partial charge in [0, 0.05) is 0 Å². The molecule has 0 aliphatic carbocycles. The van der Waals surface area contributed by atoms with Crippen LogP contribution in [0.4, 0.5) is 0 Å². The molecule has 0 saturated heterocycles. The van der Waals surface area contributed by atoms with Gasteiger partial charge in [0.05, 0.1) is 0 Å². The molecule has 4 heteroatoms. The van der Waals surface area contributed by atoms with Crippen molar-refractivity contribution < 1.29 is 8.91 Å². The zero-order valence-corrected chi connectivity index (χ0v) is 14.6. The molecule has 0 aliphatic rings. The average Bonchev–Trinajstić information content (AvgIpc) is 2.52. The summed E-state index contributed by atoms with van der Waals surface area (Å²) in [6.45, 7) is 1.80. The smallest absolute Gasteiger partial charge is 0.348 e. The molecule has 2 aromatic rings. The summed E-state index contributed by atoms with van der Waals surface area (Å²) in [5.41, 5.74) is 6.13. The van der Waals surface area contributed by atoms with E-state index in [1.807, 2.05) is 60.3 Å². The fourth-order valence-corrected chi connectivity index (χ4v) is 4.82. The van der Waals surface area contributed by atoms with E-state index in [-0.39, 0.29) is 0 Å². The molecule has 0 heterocycles. The lowest BCUT2D eigenvalue weighted by Crippen LogP contribution is -2.33. The molecule has 0 saturated carbocycles. The lowest BCUT2D eigenvalue weighted by Gasteiger charge is -2.15. The summed E-state index contributed by atoms with van der Waals surface area (Å²) >= 11 is 0. The van der Waals surface area contributed by atoms with Crippen molar-refractivity contribution >= 4 is 30.5 Å². The molecule has 0 aromatic heterocycles. The summed E-state index contributed by atoms with van der Waals surface area (Å²) in [7, 11) is -3.55. The van der Waals surface area contributed by atoms with Crippen molar-refractivity contribution in [1.82, 2.24) is 0 Å². The summed E-state index contributed by atoms with van der Waals surface area (Å²) in [5, 5.41) is 0. The Labute approximate surface area is 129 Å². The molecule has 1 unspecified atom stereocenters. The zero-order valence-electron chi connectivity index (χ0n) is 12.1. The molecular weight excluding hydrogens is 292 g/mol. The van der Waals surface area contributed by atoms with E-state index in [2.05, 4.69) is 23.9 Å². The Morgan fingerprint density at radius 1 is 0.905 bits per heavy atom. The highest BCUT2D eigenvalue weighted by atomic mass is 28.4. The molecular formula is C17H20O2Si2. The Kier molecular flexibility index (Phi) is 5.89. The normalized spacial score (nSPS) is 15.1. The summed E-state index contributed by atoms with van der Waals surface area (Å²) in [4.78, 5) is 10.3. The summed E-state index contributed by atoms with van der Waals surface area (Å²) < 4.78 is 5.73. The van der Waals surface area contributed by atoms with Crippen LogP contribution in [0.15, 0.2) is 72.1 Å². The lowest BCUT2D eigenvalue weighted by molar-refractivity contribution is 0.415. The van der Waals surface area contributed by atoms with E-state index >= 15 is 0 Å². The maximum absolute atomic E-state index is 10.3. The van der Waals surface area contributed by atoms with Crippen molar-refractivity contribution in [2.75, 3.05) is 0 Å². The second-order valence-corrected chi connectivity index (χ2v) is 9.32. The zero-order chi connectivity index (χ0) is 15.0. The molecule has 0 amide bonds. The fourth-order valence-electron chi connectivity index (χ4n) is 1.83. The third-order valence-electron chi connectivity index (χ3n) is 2.97. The molecule has 2 rings (SSSR count). The second-order valence-electron chi connectivity index (χ2n) is 4.92. The van der Waals surface area contributed by atoms with Gasteiger partial charge < -0.3 is 8.91 Å². The molecule has 2 aromatic carbocycles. The van der Waals surface area contributed by atoms with Gasteiger partial charge in [-0.25, -0.2) is 0 Å². The Hall–Kier alpha value is -1.73. The van der Waals surface area contributed by atoms with Crippen molar-refractivity contribution in [3.8, 4) is 0 Å². The monoisotopic (exact) mass is 312 g/mol. The van der Waals surface area contributed by atoms with Crippen molar-refractivity contribution in [1.29, 1.82) is 0 Å². The first-order valence-corrected chi connectivity index (χ1v) is 10.8. The van der Waals surface area contributed by atoms with Crippen LogP contribution < -0.4 is 0 Å². The highest BCUT2D eigenvalue weighted by Gasteiger charge is 2.21. The maximum atomic E-state index is 10.3. The van der Waals surface area contributed by atoms with Crippen molar-refractivity contribution in [2.45, 2.75) is 6.55 Å². The number of hydrogen-bond acceptors (Lipinski definition) is 2. The van der Waals surface area contributed by atoms with E-state index in [1.54, 1.807) is 6.55 Å². The van der Waals surface area contributed by atoms with Crippen LogP contribution in [0, 0.1) is 0 Å². The first kappa shape index (κ1) is 15.7. The molecule has 0 radical (unpaired) electrons. The predicted octanol–water partition coefficient (Wildman–Crippen LogP) is 3.07. The van der Waals surface area contributed by atoms with Crippen LogP contribution in [0.2, 0.25) is 6.55 Å². The fraction of sp³-hybridized carbons (Fsp3) is 0.0588. The number of hydrogen-bond donors (Lipinski definition) is 1. The van der Waals surface area contributed by atoms with Crippen LogP contribution in [-0.2, 0) is 4.12 Å². The molecule has 0 spiro atoms. The van der Waals surface area contributed by atoms with E-state index < -0.39 is 18.3 Å². The molecule has 0 aliphatic heterocycles. The highest BCUT2D eigenvalue weighted by Crippen LogP contribution is 2.08. The van der Waals surface area contributed by atoms with Gasteiger partial charge >= 0.3 is 8.56 Å².